The fourth-order valence-electron chi connectivity index (χ4n) is 1.20. The number of sulfonamides is 1. The largest absolute Gasteiger partial charge is 0.368 e. The van der Waals surface area contributed by atoms with Crippen molar-refractivity contribution >= 4 is 44.2 Å². The number of hydrogen-bond donors (Lipinski definition) is 2. The van der Waals surface area contributed by atoms with Crippen LogP contribution in [0.25, 0.3) is 0 Å². The van der Waals surface area contributed by atoms with Gasteiger partial charge in [-0.2, -0.15) is 0 Å². The fraction of sp³-hybridized carbons (Fsp3) is 0. The van der Waals surface area contributed by atoms with Crippen molar-refractivity contribution in [2.45, 2.75) is 4.90 Å². The van der Waals surface area contributed by atoms with Gasteiger partial charge in [0.05, 0.1) is 12.4 Å². The smallest absolute Gasteiger partial charge is 0.264 e. The minimum absolute atomic E-state index is 0.0308. The van der Waals surface area contributed by atoms with Crippen LogP contribution < -0.4 is 10.5 Å². The summed E-state index contributed by atoms with van der Waals surface area (Å²) in [4.78, 5) is 7.26. The van der Waals surface area contributed by atoms with Crippen molar-refractivity contribution < 1.29 is 8.42 Å². The topological polar surface area (TPSA) is 98.0 Å². The molecule has 0 aliphatic heterocycles. The maximum Gasteiger partial charge on any atom is 0.264 e. The van der Waals surface area contributed by atoms with Gasteiger partial charge in [-0.05, 0) is 46.9 Å². The third kappa shape index (κ3) is 3.07. The summed E-state index contributed by atoms with van der Waals surface area (Å²) in [5, 5.41) is 0. The molecule has 94 valence electrons. The number of nitrogens with zero attached hydrogens (tertiary/aromatic N) is 2. The minimum atomic E-state index is -3.68. The van der Waals surface area contributed by atoms with Gasteiger partial charge in [-0.15, -0.1) is 0 Å². The van der Waals surface area contributed by atoms with Crippen LogP contribution in [-0.2, 0) is 10.0 Å². The Hall–Kier alpha value is -1.42. The molecule has 0 fully saturated rings. The molecule has 0 saturated carbocycles. The second kappa shape index (κ2) is 5.06. The number of anilines is 2. The zero-order chi connectivity index (χ0) is 13.2. The van der Waals surface area contributed by atoms with Gasteiger partial charge >= 0.3 is 0 Å². The van der Waals surface area contributed by atoms with Crippen molar-refractivity contribution in [1.29, 1.82) is 0 Å². The Morgan fingerprint density at radius 3 is 2.22 bits per heavy atom. The molecule has 0 aliphatic rings. The van der Waals surface area contributed by atoms with E-state index in [1.165, 1.54) is 0 Å². The molecule has 1 aromatic heterocycles. The van der Waals surface area contributed by atoms with E-state index >= 15 is 0 Å². The Balaban J connectivity index is 2.27. The molecular weight excluding hydrogens is 367 g/mol. The summed E-state index contributed by atoms with van der Waals surface area (Å²) >= 11 is 2.14. The van der Waals surface area contributed by atoms with Gasteiger partial charge in [0.1, 0.15) is 4.90 Å². The maximum atomic E-state index is 12.0. The molecule has 8 heteroatoms. The Morgan fingerprint density at radius 1 is 1.11 bits per heavy atom. The lowest BCUT2D eigenvalue weighted by atomic mass is 10.3. The highest BCUT2D eigenvalue weighted by Gasteiger charge is 2.14. The first-order valence-corrected chi connectivity index (χ1v) is 7.39. The van der Waals surface area contributed by atoms with Gasteiger partial charge in [0.2, 0.25) is 5.95 Å². The van der Waals surface area contributed by atoms with E-state index in [-0.39, 0.29) is 10.8 Å². The van der Waals surface area contributed by atoms with Crippen molar-refractivity contribution in [2.75, 3.05) is 10.5 Å². The third-order valence-corrected chi connectivity index (χ3v) is 4.11. The number of nitrogens with two attached hydrogens (primary N) is 1. The number of benzene rings is 1. The van der Waals surface area contributed by atoms with Crippen molar-refractivity contribution in [3.63, 3.8) is 0 Å². The molecule has 0 atom stereocenters. The van der Waals surface area contributed by atoms with Crippen LogP contribution >= 0.6 is 22.6 Å². The summed E-state index contributed by atoms with van der Waals surface area (Å²) in [5.74, 6) is 0.0308. The molecule has 2 aromatic rings. The van der Waals surface area contributed by atoms with Gasteiger partial charge < -0.3 is 5.73 Å². The van der Waals surface area contributed by atoms with Crippen LogP contribution in [-0.4, -0.2) is 18.4 Å². The van der Waals surface area contributed by atoms with E-state index in [2.05, 4.69) is 37.3 Å². The standard InChI is InChI=1S/C10H9IN4O2S/c11-7-1-3-8(4-2-7)15-18(16,17)9-5-13-10(12)14-6-9/h1-6,15H,(H2,12,13,14). The second-order valence-electron chi connectivity index (χ2n) is 3.39. The lowest BCUT2D eigenvalue weighted by Gasteiger charge is -2.07. The lowest BCUT2D eigenvalue weighted by Crippen LogP contribution is -2.14. The van der Waals surface area contributed by atoms with Gasteiger partial charge in [0.25, 0.3) is 10.0 Å². The van der Waals surface area contributed by atoms with Gasteiger partial charge in [0, 0.05) is 9.26 Å². The molecule has 0 unspecified atom stereocenters. The fourth-order valence-corrected chi connectivity index (χ4v) is 2.50. The van der Waals surface area contributed by atoms with Crippen molar-refractivity contribution in [3.05, 3.63) is 40.2 Å². The van der Waals surface area contributed by atoms with Gasteiger partial charge in [0.15, 0.2) is 0 Å². The first kappa shape index (κ1) is 13.0. The van der Waals surface area contributed by atoms with Crippen molar-refractivity contribution in [2.24, 2.45) is 0 Å². The quantitative estimate of drug-likeness (QED) is 0.791. The second-order valence-corrected chi connectivity index (χ2v) is 6.32. The molecule has 0 bridgehead atoms. The van der Waals surface area contributed by atoms with E-state index in [1.54, 1.807) is 24.3 Å². The Bertz CT molecular complexity index is 641. The van der Waals surface area contributed by atoms with Crippen LogP contribution in [0.4, 0.5) is 11.6 Å². The number of halogens is 1. The molecule has 0 amide bonds. The Labute approximate surface area is 118 Å². The molecule has 18 heavy (non-hydrogen) atoms. The zero-order valence-electron chi connectivity index (χ0n) is 9.04. The maximum absolute atomic E-state index is 12.0. The molecule has 2 rings (SSSR count). The van der Waals surface area contributed by atoms with Gasteiger partial charge in [-0.1, -0.05) is 0 Å². The monoisotopic (exact) mass is 376 g/mol. The summed E-state index contributed by atoms with van der Waals surface area (Å²) in [6, 6.07) is 6.96. The number of aromatic nitrogens is 2. The van der Waals surface area contributed by atoms with Crippen LogP contribution in [0.2, 0.25) is 0 Å². The number of nitrogens with one attached hydrogen (secondary N) is 1. The highest BCUT2D eigenvalue weighted by Crippen LogP contribution is 2.16. The molecule has 1 heterocycles. The van der Waals surface area contributed by atoms with Crippen LogP contribution in [0.15, 0.2) is 41.6 Å². The molecule has 1 aromatic carbocycles. The Morgan fingerprint density at radius 2 is 1.67 bits per heavy atom. The summed E-state index contributed by atoms with van der Waals surface area (Å²) in [6.45, 7) is 0. The van der Waals surface area contributed by atoms with E-state index in [4.69, 9.17) is 5.73 Å². The van der Waals surface area contributed by atoms with Crippen LogP contribution in [0.5, 0.6) is 0 Å². The molecule has 0 aliphatic carbocycles. The molecule has 6 nitrogen and oxygen atoms in total. The summed E-state index contributed by atoms with van der Waals surface area (Å²) in [7, 11) is -3.68. The lowest BCUT2D eigenvalue weighted by molar-refractivity contribution is 0.600. The summed E-state index contributed by atoms with van der Waals surface area (Å²) in [6.07, 6.45) is 2.33. The van der Waals surface area contributed by atoms with Crippen molar-refractivity contribution in [1.82, 2.24) is 9.97 Å². The number of hydrogen-bond acceptors (Lipinski definition) is 5. The normalized spacial score (nSPS) is 11.2. The van der Waals surface area contributed by atoms with Gasteiger partial charge in [-0.3, -0.25) is 4.72 Å². The highest BCUT2D eigenvalue weighted by atomic mass is 127. The highest BCUT2D eigenvalue weighted by molar-refractivity contribution is 14.1. The summed E-state index contributed by atoms with van der Waals surface area (Å²) < 4.78 is 27.4. The predicted octanol–water partition coefficient (Wildman–Crippen LogP) is 1.46. The third-order valence-electron chi connectivity index (χ3n) is 2.05. The van der Waals surface area contributed by atoms with E-state index in [0.717, 1.165) is 16.0 Å². The first-order valence-electron chi connectivity index (χ1n) is 4.83. The van der Waals surface area contributed by atoms with Crippen molar-refractivity contribution in [3.8, 4) is 0 Å². The molecule has 0 radical (unpaired) electrons. The molecule has 3 N–H and O–H groups in total. The molecular formula is C10H9IN4O2S. The van der Waals surface area contributed by atoms with E-state index in [1.807, 2.05) is 0 Å². The van der Waals surface area contributed by atoms with Crippen LogP contribution in [0.3, 0.4) is 0 Å². The van der Waals surface area contributed by atoms with Crippen LogP contribution in [0.1, 0.15) is 0 Å². The zero-order valence-corrected chi connectivity index (χ0v) is 12.0. The average Bonchev–Trinajstić information content (AvgIpc) is 2.32. The van der Waals surface area contributed by atoms with Gasteiger partial charge in [-0.25, -0.2) is 18.4 Å². The molecule has 0 spiro atoms. The predicted molar refractivity (Wildman–Crippen MR) is 76.4 cm³/mol. The summed E-state index contributed by atoms with van der Waals surface area (Å²) in [5.41, 5.74) is 5.78. The Kier molecular flexibility index (Phi) is 3.66. The van der Waals surface area contributed by atoms with Crippen LogP contribution in [0, 0.1) is 3.57 Å². The van der Waals surface area contributed by atoms with E-state index < -0.39 is 10.0 Å². The first-order chi connectivity index (χ1) is 8.47. The van der Waals surface area contributed by atoms with E-state index in [9.17, 15) is 8.42 Å². The number of nitrogen functional groups attached to an aromatic ring is 1. The van der Waals surface area contributed by atoms with E-state index in [0.29, 0.717) is 5.69 Å². The SMILES string of the molecule is Nc1ncc(S(=O)(=O)Nc2ccc(I)cc2)cn1. The average molecular weight is 376 g/mol. The minimum Gasteiger partial charge on any atom is -0.368 e. The number of rotatable bonds is 3. The molecule has 0 saturated heterocycles.